The maximum absolute atomic E-state index is 3.82. The minimum absolute atomic E-state index is 0.0475. The molecule has 0 amide bonds. The first-order valence-electron chi connectivity index (χ1n) is 19.1. The van der Waals surface area contributed by atoms with E-state index in [1.165, 1.54) is 54.9 Å². The van der Waals surface area contributed by atoms with E-state index in [4.69, 9.17) is 0 Å². The Morgan fingerprint density at radius 3 is 1.75 bits per heavy atom. The van der Waals surface area contributed by atoms with Gasteiger partial charge in [-0.05, 0) is 109 Å². The summed E-state index contributed by atoms with van der Waals surface area (Å²) < 4.78 is 0. The van der Waals surface area contributed by atoms with Gasteiger partial charge in [0.2, 0.25) is 0 Å². The Morgan fingerprint density at radius 2 is 0.927 bits per heavy atom. The van der Waals surface area contributed by atoms with Gasteiger partial charge in [0, 0.05) is 44.7 Å². The van der Waals surface area contributed by atoms with Crippen molar-refractivity contribution in [1.29, 1.82) is 0 Å². The van der Waals surface area contributed by atoms with E-state index in [-0.39, 0.29) is 5.41 Å². The van der Waals surface area contributed by atoms with Crippen LogP contribution in [0.3, 0.4) is 0 Å². The summed E-state index contributed by atoms with van der Waals surface area (Å²) in [7, 11) is 0. The highest BCUT2D eigenvalue weighted by Crippen LogP contribution is 2.50. The normalized spacial score (nSPS) is 12.7. The van der Waals surface area contributed by atoms with Crippen LogP contribution in [0.4, 0.5) is 22.7 Å². The molecule has 2 nitrogen and oxygen atoms in total. The molecule has 1 aliphatic carbocycles. The summed E-state index contributed by atoms with van der Waals surface area (Å²) in [6.45, 7) is 4.68. The van der Waals surface area contributed by atoms with Crippen LogP contribution in [-0.4, -0.2) is 0 Å². The first-order chi connectivity index (χ1) is 27.0. The van der Waals surface area contributed by atoms with Crippen LogP contribution in [0.1, 0.15) is 25.0 Å². The molecule has 9 aromatic rings. The molecular formula is C53H40N2. The monoisotopic (exact) mass is 704 g/mol. The van der Waals surface area contributed by atoms with Gasteiger partial charge < -0.3 is 10.6 Å². The number of hydrogen-bond donors (Lipinski definition) is 2. The molecule has 0 radical (unpaired) electrons. The fraction of sp³-hybridized carbons (Fsp3) is 0.0566. The van der Waals surface area contributed by atoms with Crippen molar-refractivity contribution in [3.63, 3.8) is 0 Å². The van der Waals surface area contributed by atoms with Gasteiger partial charge in [-0.25, -0.2) is 0 Å². The van der Waals surface area contributed by atoms with Crippen LogP contribution < -0.4 is 10.6 Å². The second-order valence-corrected chi connectivity index (χ2v) is 15.2. The van der Waals surface area contributed by atoms with E-state index in [2.05, 4.69) is 219 Å². The minimum atomic E-state index is -0.0475. The van der Waals surface area contributed by atoms with Crippen molar-refractivity contribution >= 4 is 44.3 Å². The predicted octanol–water partition coefficient (Wildman–Crippen LogP) is 14.8. The molecule has 0 fully saturated rings. The van der Waals surface area contributed by atoms with Crippen molar-refractivity contribution in [2.75, 3.05) is 10.6 Å². The molecule has 0 aromatic heterocycles. The fourth-order valence-electron chi connectivity index (χ4n) is 8.55. The summed E-state index contributed by atoms with van der Waals surface area (Å²) in [6, 6.07) is 70.4. The molecule has 10 rings (SSSR count). The number of anilines is 4. The second kappa shape index (κ2) is 13.2. The molecule has 9 aromatic carbocycles. The van der Waals surface area contributed by atoms with Gasteiger partial charge in [-0.2, -0.15) is 0 Å². The Labute approximate surface area is 322 Å². The van der Waals surface area contributed by atoms with Crippen molar-refractivity contribution < 1.29 is 0 Å². The smallest absolute Gasteiger partial charge is 0.0464 e. The van der Waals surface area contributed by atoms with Crippen LogP contribution in [0.15, 0.2) is 194 Å². The zero-order chi connectivity index (χ0) is 36.9. The standard InChI is InChI=1S/C53H40N2/c1-53(2)48-21-11-10-20-44(48)47-34-41(24-28-49(47)53)46-33-40(25-29-51(46)54-42-27-23-35-13-6-7-17-38(35)31-42)39-26-30-52(45(32-39)37-14-4-3-5-15-37)55-50-22-12-18-36-16-8-9-19-43(36)50/h3-34,54-55H,1-2H3. The van der Waals surface area contributed by atoms with E-state index < -0.39 is 0 Å². The lowest BCUT2D eigenvalue weighted by Gasteiger charge is -2.22. The van der Waals surface area contributed by atoms with E-state index in [0.29, 0.717) is 0 Å². The van der Waals surface area contributed by atoms with Gasteiger partial charge >= 0.3 is 0 Å². The Balaban J connectivity index is 1.11. The molecule has 0 atom stereocenters. The molecule has 262 valence electrons. The van der Waals surface area contributed by atoms with Gasteiger partial charge in [-0.1, -0.05) is 159 Å². The van der Waals surface area contributed by atoms with Gasteiger partial charge in [-0.3, -0.25) is 0 Å². The summed E-state index contributed by atoms with van der Waals surface area (Å²) >= 11 is 0. The van der Waals surface area contributed by atoms with E-state index >= 15 is 0 Å². The van der Waals surface area contributed by atoms with Crippen molar-refractivity contribution in [2.24, 2.45) is 0 Å². The summed E-state index contributed by atoms with van der Waals surface area (Å²) in [4.78, 5) is 0. The summed E-state index contributed by atoms with van der Waals surface area (Å²) in [5.74, 6) is 0. The van der Waals surface area contributed by atoms with Crippen molar-refractivity contribution in [3.8, 4) is 44.5 Å². The van der Waals surface area contributed by atoms with Crippen LogP contribution in [0.2, 0.25) is 0 Å². The average molecular weight is 705 g/mol. The Kier molecular flexibility index (Phi) is 7.85. The molecule has 0 saturated heterocycles. The van der Waals surface area contributed by atoms with E-state index in [0.717, 1.165) is 45.0 Å². The summed E-state index contributed by atoms with van der Waals surface area (Å²) in [5.41, 5.74) is 16.6. The molecule has 0 spiro atoms. The van der Waals surface area contributed by atoms with Gasteiger partial charge in [0.05, 0.1) is 0 Å². The summed E-state index contributed by atoms with van der Waals surface area (Å²) in [6.07, 6.45) is 0. The molecule has 2 N–H and O–H groups in total. The Bertz CT molecular complexity index is 2900. The number of benzene rings is 9. The maximum Gasteiger partial charge on any atom is 0.0464 e. The van der Waals surface area contributed by atoms with E-state index in [9.17, 15) is 0 Å². The van der Waals surface area contributed by atoms with Crippen LogP contribution in [-0.2, 0) is 5.41 Å². The van der Waals surface area contributed by atoms with E-state index in [1.807, 2.05) is 0 Å². The Hall–Kier alpha value is -6.90. The summed E-state index contributed by atoms with van der Waals surface area (Å²) in [5, 5.41) is 12.5. The lowest BCUT2D eigenvalue weighted by molar-refractivity contribution is 0.660. The molecule has 0 saturated carbocycles. The zero-order valence-electron chi connectivity index (χ0n) is 31.0. The molecule has 0 bridgehead atoms. The van der Waals surface area contributed by atoms with Gasteiger partial charge in [-0.15, -0.1) is 0 Å². The molecular weight excluding hydrogens is 665 g/mol. The molecule has 0 unspecified atom stereocenters. The first-order valence-corrected chi connectivity index (χ1v) is 19.1. The van der Waals surface area contributed by atoms with Crippen molar-refractivity contribution in [2.45, 2.75) is 19.3 Å². The van der Waals surface area contributed by atoms with Crippen LogP contribution in [0, 0.1) is 0 Å². The zero-order valence-corrected chi connectivity index (χ0v) is 31.0. The molecule has 55 heavy (non-hydrogen) atoms. The van der Waals surface area contributed by atoms with Crippen LogP contribution in [0.5, 0.6) is 0 Å². The van der Waals surface area contributed by atoms with Crippen LogP contribution >= 0.6 is 0 Å². The third kappa shape index (κ3) is 5.84. The van der Waals surface area contributed by atoms with Gasteiger partial charge in [0.15, 0.2) is 0 Å². The number of nitrogens with one attached hydrogen (secondary N) is 2. The van der Waals surface area contributed by atoms with Crippen molar-refractivity contribution in [1.82, 2.24) is 0 Å². The largest absolute Gasteiger partial charge is 0.355 e. The van der Waals surface area contributed by atoms with Gasteiger partial charge in [0.25, 0.3) is 0 Å². The highest BCUT2D eigenvalue weighted by atomic mass is 14.9. The molecule has 0 aliphatic heterocycles. The predicted molar refractivity (Wildman–Crippen MR) is 235 cm³/mol. The SMILES string of the molecule is CC1(C)c2ccccc2-c2cc(-c3cc(-c4ccc(Nc5cccc6ccccc56)c(-c5ccccc5)c4)ccc3Nc3ccc4ccccc4c3)ccc21. The highest BCUT2D eigenvalue weighted by molar-refractivity contribution is 5.98. The van der Waals surface area contributed by atoms with Crippen LogP contribution in [0.25, 0.3) is 66.1 Å². The number of rotatable bonds is 7. The fourth-order valence-corrected chi connectivity index (χ4v) is 8.55. The highest BCUT2D eigenvalue weighted by Gasteiger charge is 2.35. The second-order valence-electron chi connectivity index (χ2n) is 15.2. The minimum Gasteiger partial charge on any atom is -0.355 e. The van der Waals surface area contributed by atoms with E-state index in [1.54, 1.807) is 0 Å². The Morgan fingerprint density at radius 1 is 0.327 bits per heavy atom. The number of fused-ring (bicyclic) bond motifs is 5. The third-order valence-corrected chi connectivity index (χ3v) is 11.4. The first kappa shape index (κ1) is 32.7. The molecule has 2 heteroatoms. The molecule has 0 heterocycles. The lowest BCUT2D eigenvalue weighted by Crippen LogP contribution is -2.14. The third-order valence-electron chi connectivity index (χ3n) is 11.4. The number of hydrogen-bond acceptors (Lipinski definition) is 2. The lowest BCUT2D eigenvalue weighted by atomic mass is 9.82. The average Bonchev–Trinajstić information content (AvgIpc) is 3.47. The molecule has 1 aliphatic rings. The topological polar surface area (TPSA) is 24.1 Å². The maximum atomic E-state index is 3.82. The van der Waals surface area contributed by atoms with Gasteiger partial charge in [0.1, 0.15) is 0 Å². The van der Waals surface area contributed by atoms with Crippen molar-refractivity contribution in [3.05, 3.63) is 205 Å². The quantitative estimate of drug-likeness (QED) is 0.173.